The summed E-state index contributed by atoms with van der Waals surface area (Å²) < 4.78 is 20.4. The summed E-state index contributed by atoms with van der Waals surface area (Å²) in [6.07, 6.45) is 1.78. The van der Waals surface area contributed by atoms with E-state index in [0.717, 1.165) is 11.3 Å². The fourth-order valence-corrected chi connectivity index (χ4v) is 3.48. The van der Waals surface area contributed by atoms with Gasteiger partial charge in [0.1, 0.15) is 11.6 Å². The van der Waals surface area contributed by atoms with Gasteiger partial charge >= 0.3 is 0 Å². The largest absolute Gasteiger partial charge is 0.493 e. The lowest BCUT2D eigenvalue weighted by molar-refractivity contribution is 0.339. The minimum atomic E-state index is -0.330. The first-order chi connectivity index (χ1) is 12.7. The number of halogens is 1. The normalized spacial score (nSPS) is 12.0. The van der Waals surface area contributed by atoms with E-state index in [4.69, 9.17) is 4.74 Å². The van der Waals surface area contributed by atoms with Crippen molar-refractivity contribution in [2.24, 2.45) is 0 Å². The Bertz CT molecular complexity index is 1180. The van der Waals surface area contributed by atoms with Gasteiger partial charge in [-0.05, 0) is 43.3 Å². The van der Waals surface area contributed by atoms with Gasteiger partial charge in [-0.1, -0.05) is 29.5 Å². The Morgan fingerprint density at radius 1 is 1.19 bits per heavy atom. The highest BCUT2D eigenvalue weighted by Crippen LogP contribution is 2.19. The van der Waals surface area contributed by atoms with Crippen molar-refractivity contribution in [1.82, 2.24) is 14.6 Å². The quantitative estimate of drug-likeness (QED) is 0.557. The number of nitrogens with zero attached hydrogens (tertiary/aromatic N) is 3. The van der Waals surface area contributed by atoms with Gasteiger partial charge in [0.2, 0.25) is 4.96 Å². The molecule has 0 aliphatic carbocycles. The third-order valence-electron chi connectivity index (χ3n) is 3.79. The van der Waals surface area contributed by atoms with E-state index in [1.807, 2.05) is 31.2 Å². The van der Waals surface area contributed by atoms with Crippen LogP contribution in [-0.4, -0.2) is 21.2 Å². The van der Waals surface area contributed by atoms with Crippen LogP contribution < -0.4 is 14.8 Å². The van der Waals surface area contributed by atoms with Crippen LogP contribution in [0.4, 0.5) is 4.39 Å². The molecule has 7 heteroatoms. The fraction of sp³-hybridized carbons (Fsp3) is 0.105. The second kappa shape index (κ2) is 6.68. The number of hydrogen-bond acceptors (Lipinski definition) is 5. The molecule has 0 unspecified atom stereocenters. The topological polar surface area (TPSA) is 56.5 Å². The number of hydrogen-bond donors (Lipinski definition) is 0. The molecule has 0 bridgehead atoms. The Labute approximate surface area is 152 Å². The number of thiazole rings is 1. The van der Waals surface area contributed by atoms with E-state index in [-0.39, 0.29) is 11.4 Å². The minimum absolute atomic E-state index is 0.239. The van der Waals surface area contributed by atoms with E-state index >= 15 is 0 Å². The lowest BCUT2D eigenvalue weighted by Crippen LogP contribution is -2.23. The molecule has 4 aromatic rings. The van der Waals surface area contributed by atoms with Gasteiger partial charge in [0, 0.05) is 11.1 Å². The molecule has 0 saturated carbocycles. The maximum atomic E-state index is 13.1. The summed E-state index contributed by atoms with van der Waals surface area (Å²) in [7, 11) is 0. The molecule has 0 radical (unpaired) electrons. The predicted molar refractivity (Wildman–Crippen MR) is 98.9 cm³/mol. The molecule has 130 valence electrons. The van der Waals surface area contributed by atoms with Gasteiger partial charge in [-0.3, -0.25) is 4.79 Å². The van der Waals surface area contributed by atoms with E-state index in [1.54, 1.807) is 18.2 Å². The van der Waals surface area contributed by atoms with Crippen molar-refractivity contribution in [3.8, 4) is 17.1 Å². The molecule has 0 aliphatic heterocycles. The Kier molecular flexibility index (Phi) is 4.22. The number of para-hydroxylation sites is 1. The molecule has 0 spiro atoms. The van der Waals surface area contributed by atoms with E-state index < -0.39 is 0 Å². The molecule has 4 rings (SSSR count). The first-order valence-electron chi connectivity index (χ1n) is 8.05. The molecule has 2 heterocycles. The Morgan fingerprint density at radius 3 is 2.69 bits per heavy atom. The third-order valence-corrected chi connectivity index (χ3v) is 4.75. The molecule has 26 heavy (non-hydrogen) atoms. The molecule has 2 aromatic heterocycles. The van der Waals surface area contributed by atoms with Crippen LogP contribution in [0.25, 0.3) is 22.4 Å². The molecule has 0 amide bonds. The van der Waals surface area contributed by atoms with Crippen molar-refractivity contribution >= 4 is 22.4 Å². The number of aromatic nitrogens is 3. The molecule has 0 aliphatic rings. The molecule has 0 saturated heterocycles. The van der Waals surface area contributed by atoms with Gasteiger partial charge in [-0.2, -0.15) is 9.50 Å². The molecule has 0 atom stereocenters. The van der Waals surface area contributed by atoms with Crippen LogP contribution in [-0.2, 0) is 0 Å². The van der Waals surface area contributed by atoms with Gasteiger partial charge in [0.15, 0.2) is 5.82 Å². The Morgan fingerprint density at radius 2 is 1.96 bits per heavy atom. The maximum Gasteiger partial charge on any atom is 0.291 e. The summed E-state index contributed by atoms with van der Waals surface area (Å²) in [5.41, 5.74) is 1.25. The number of fused-ring (bicyclic) bond motifs is 1. The van der Waals surface area contributed by atoms with Crippen LogP contribution in [0.15, 0.2) is 53.3 Å². The highest BCUT2D eigenvalue weighted by Gasteiger charge is 2.12. The van der Waals surface area contributed by atoms with Gasteiger partial charge < -0.3 is 4.74 Å². The highest BCUT2D eigenvalue weighted by molar-refractivity contribution is 7.15. The van der Waals surface area contributed by atoms with Crippen molar-refractivity contribution in [2.45, 2.75) is 6.92 Å². The zero-order valence-corrected chi connectivity index (χ0v) is 14.7. The van der Waals surface area contributed by atoms with Gasteiger partial charge in [-0.25, -0.2) is 4.39 Å². The van der Waals surface area contributed by atoms with Crippen LogP contribution in [0.1, 0.15) is 12.5 Å². The van der Waals surface area contributed by atoms with Crippen LogP contribution in [0.3, 0.4) is 0 Å². The molecule has 2 aromatic carbocycles. The number of rotatable bonds is 4. The van der Waals surface area contributed by atoms with E-state index in [1.165, 1.54) is 28.0 Å². The van der Waals surface area contributed by atoms with Crippen molar-refractivity contribution in [2.75, 3.05) is 6.61 Å². The lowest BCUT2D eigenvalue weighted by atomic mass is 10.2. The van der Waals surface area contributed by atoms with Crippen molar-refractivity contribution in [3.63, 3.8) is 0 Å². The van der Waals surface area contributed by atoms with Crippen molar-refractivity contribution in [3.05, 3.63) is 74.8 Å². The SMILES string of the molecule is CCOc1ccccc1C=c1sc2nc(-c3ccc(F)cc3)nn2c1=O. The van der Waals surface area contributed by atoms with Crippen LogP contribution >= 0.6 is 11.3 Å². The first-order valence-corrected chi connectivity index (χ1v) is 8.86. The van der Waals surface area contributed by atoms with E-state index in [2.05, 4.69) is 10.1 Å². The molecule has 5 nitrogen and oxygen atoms in total. The monoisotopic (exact) mass is 367 g/mol. The average Bonchev–Trinajstić information content (AvgIpc) is 3.18. The van der Waals surface area contributed by atoms with Gasteiger partial charge in [0.05, 0.1) is 11.1 Å². The summed E-state index contributed by atoms with van der Waals surface area (Å²) in [4.78, 5) is 17.5. The first kappa shape index (κ1) is 16.4. The van der Waals surface area contributed by atoms with Crippen LogP contribution in [0.5, 0.6) is 5.75 Å². The van der Waals surface area contributed by atoms with Crippen LogP contribution in [0.2, 0.25) is 0 Å². The maximum absolute atomic E-state index is 13.1. The fourth-order valence-electron chi connectivity index (χ4n) is 2.58. The van der Waals surface area contributed by atoms with Gasteiger partial charge in [-0.15, -0.1) is 5.10 Å². The molecule has 0 N–H and O–H groups in total. The summed E-state index contributed by atoms with van der Waals surface area (Å²) in [5.74, 6) is 0.791. The third kappa shape index (κ3) is 2.97. The number of benzene rings is 2. The van der Waals surface area contributed by atoms with Gasteiger partial charge in [0.25, 0.3) is 5.56 Å². The lowest BCUT2D eigenvalue weighted by Gasteiger charge is -2.05. The molecule has 0 fully saturated rings. The van der Waals surface area contributed by atoms with E-state index in [0.29, 0.717) is 27.5 Å². The Hall–Kier alpha value is -3.06. The summed E-state index contributed by atoms with van der Waals surface area (Å²) in [5, 5.41) is 4.26. The predicted octanol–water partition coefficient (Wildman–Crippen LogP) is 2.90. The van der Waals surface area contributed by atoms with E-state index in [9.17, 15) is 9.18 Å². The second-order valence-electron chi connectivity index (χ2n) is 5.52. The number of ether oxygens (including phenoxy) is 1. The zero-order chi connectivity index (χ0) is 18.1. The van der Waals surface area contributed by atoms with Crippen molar-refractivity contribution < 1.29 is 9.13 Å². The molecular weight excluding hydrogens is 353 g/mol. The minimum Gasteiger partial charge on any atom is -0.493 e. The standard InChI is InChI=1S/C19H14FN3O2S/c1-2-25-15-6-4-3-5-13(15)11-16-18(24)23-19(26-16)21-17(22-23)12-7-9-14(20)10-8-12/h3-11H,2H2,1H3. The summed E-state index contributed by atoms with van der Waals surface area (Å²) in [6.45, 7) is 2.46. The molecular formula is C19H14FN3O2S. The average molecular weight is 367 g/mol. The summed E-state index contributed by atoms with van der Waals surface area (Å²) in [6, 6.07) is 13.4. The van der Waals surface area contributed by atoms with Crippen LogP contribution in [0, 0.1) is 5.82 Å². The Balaban J connectivity index is 1.79. The zero-order valence-electron chi connectivity index (χ0n) is 13.8. The second-order valence-corrected chi connectivity index (χ2v) is 6.53. The smallest absolute Gasteiger partial charge is 0.291 e. The highest BCUT2D eigenvalue weighted by atomic mass is 32.1. The summed E-state index contributed by atoms with van der Waals surface area (Å²) >= 11 is 1.26. The van der Waals surface area contributed by atoms with Crippen molar-refractivity contribution in [1.29, 1.82) is 0 Å².